The molecule has 0 aliphatic rings. The molecular formula is C16H15N3O2. The third-order valence-electron chi connectivity index (χ3n) is 3.15. The molecule has 21 heavy (non-hydrogen) atoms. The van der Waals surface area contributed by atoms with Gasteiger partial charge in [-0.15, -0.1) is 0 Å². The number of ether oxygens (including phenoxy) is 1. The van der Waals surface area contributed by atoms with E-state index in [1.165, 1.54) is 4.68 Å². The highest BCUT2D eigenvalue weighted by Gasteiger charge is 2.09. The van der Waals surface area contributed by atoms with Gasteiger partial charge in [-0.25, -0.2) is 4.98 Å². The van der Waals surface area contributed by atoms with Gasteiger partial charge in [-0.05, 0) is 29.8 Å². The molecule has 5 heteroatoms. The van der Waals surface area contributed by atoms with E-state index < -0.39 is 0 Å². The van der Waals surface area contributed by atoms with Crippen LogP contribution in [0.2, 0.25) is 0 Å². The number of pyridine rings is 1. The Morgan fingerprint density at radius 2 is 1.95 bits per heavy atom. The highest BCUT2D eigenvalue weighted by atomic mass is 16.5. The Balaban J connectivity index is 1.83. The van der Waals surface area contributed by atoms with Crippen LogP contribution in [0.5, 0.6) is 11.6 Å². The molecule has 1 N–H and O–H groups in total. The molecule has 0 aliphatic carbocycles. The first-order chi connectivity index (χ1) is 10.3. The summed E-state index contributed by atoms with van der Waals surface area (Å²) >= 11 is 0. The predicted molar refractivity (Wildman–Crippen MR) is 78.8 cm³/mol. The summed E-state index contributed by atoms with van der Waals surface area (Å²) in [5.74, 6) is 1.49. The first kappa shape index (κ1) is 13.2. The predicted octanol–water partition coefficient (Wildman–Crippen LogP) is 2.57. The fraction of sp³-hybridized carbons (Fsp3) is 0.125. The zero-order valence-corrected chi connectivity index (χ0v) is 11.6. The Hall–Kier alpha value is -2.82. The molecule has 3 aromatic rings. The van der Waals surface area contributed by atoms with Gasteiger partial charge in [-0.1, -0.05) is 18.2 Å². The zero-order chi connectivity index (χ0) is 14.7. The van der Waals surface area contributed by atoms with Crippen molar-refractivity contribution in [3.8, 4) is 17.4 Å². The van der Waals surface area contributed by atoms with Gasteiger partial charge in [0.2, 0.25) is 5.88 Å². The Bertz CT molecular complexity index is 721. The fourth-order valence-corrected chi connectivity index (χ4v) is 2.11. The molecular weight excluding hydrogens is 266 g/mol. The van der Waals surface area contributed by atoms with E-state index in [-0.39, 0.29) is 5.88 Å². The summed E-state index contributed by atoms with van der Waals surface area (Å²) in [7, 11) is 1.64. The number of methoxy groups -OCH3 is 1. The average Bonchev–Trinajstić information content (AvgIpc) is 2.89. The summed E-state index contributed by atoms with van der Waals surface area (Å²) in [5, 5.41) is 14.4. The van der Waals surface area contributed by atoms with Crippen molar-refractivity contribution in [3.63, 3.8) is 0 Å². The SMILES string of the molecule is COc1ccc(Cc2cc(O)n(-c3ccccn3)n2)cc1. The number of nitrogens with zero attached hydrogens (tertiary/aromatic N) is 3. The minimum atomic E-state index is 0.0808. The van der Waals surface area contributed by atoms with Crippen LogP contribution in [-0.4, -0.2) is 27.0 Å². The van der Waals surface area contributed by atoms with E-state index in [9.17, 15) is 5.11 Å². The Morgan fingerprint density at radius 3 is 2.62 bits per heavy atom. The van der Waals surface area contributed by atoms with Crippen LogP contribution in [0.15, 0.2) is 54.7 Å². The van der Waals surface area contributed by atoms with Gasteiger partial charge >= 0.3 is 0 Å². The van der Waals surface area contributed by atoms with E-state index in [1.807, 2.05) is 36.4 Å². The third kappa shape index (κ3) is 2.86. The van der Waals surface area contributed by atoms with E-state index in [2.05, 4.69) is 10.1 Å². The molecule has 1 aromatic carbocycles. The van der Waals surface area contributed by atoms with Gasteiger partial charge in [0.1, 0.15) is 5.75 Å². The summed E-state index contributed by atoms with van der Waals surface area (Å²) in [6.07, 6.45) is 2.30. The van der Waals surface area contributed by atoms with E-state index in [1.54, 1.807) is 25.4 Å². The van der Waals surface area contributed by atoms with Gasteiger partial charge in [-0.3, -0.25) is 0 Å². The lowest BCUT2D eigenvalue weighted by atomic mass is 10.1. The number of benzene rings is 1. The summed E-state index contributed by atoms with van der Waals surface area (Å²) in [6, 6.07) is 14.9. The van der Waals surface area contributed by atoms with Crippen molar-refractivity contribution >= 4 is 0 Å². The molecule has 0 aliphatic heterocycles. The Kier molecular flexibility index (Phi) is 3.55. The molecule has 5 nitrogen and oxygen atoms in total. The smallest absolute Gasteiger partial charge is 0.215 e. The topological polar surface area (TPSA) is 60.2 Å². The monoisotopic (exact) mass is 281 g/mol. The van der Waals surface area contributed by atoms with Crippen molar-refractivity contribution in [1.29, 1.82) is 0 Å². The van der Waals surface area contributed by atoms with Crippen LogP contribution in [0.3, 0.4) is 0 Å². The van der Waals surface area contributed by atoms with Gasteiger partial charge in [0, 0.05) is 18.7 Å². The molecule has 0 atom stereocenters. The maximum atomic E-state index is 9.99. The van der Waals surface area contributed by atoms with Crippen molar-refractivity contribution in [2.24, 2.45) is 0 Å². The second-order valence-electron chi connectivity index (χ2n) is 4.62. The largest absolute Gasteiger partial charge is 0.497 e. The number of hydrogen-bond donors (Lipinski definition) is 1. The van der Waals surface area contributed by atoms with Crippen LogP contribution in [0.1, 0.15) is 11.3 Å². The van der Waals surface area contributed by atoms with Gasteiger partial charge < -0.3 is 9.84 Å². The quantitative estimate of drug-likeness (QED) is 0.798. The number of aromatic hydroxyl groups is 1. The molecule has 0 unspecified atom stereocenters. The van der Waals surface area contributed by atoms with Crippen molar-refractivity contribution in [2.75, 3.05) is 7.11 Å². The molecule has 2 heterocycles. The fourth-order valence-electron chi connectivity index (χ4n) is 2.11. The average molecular weight is 281 g/mol. The number of hydrogen-bond acceptors (Lipinski definition) is 4. The first-order valence-corrected chi connectivity index (χ1v) is 6.58. The van der Waals surface area contributed by atoms with Gasteiger partial charge in [0.25, 0.3) is 0 Å². The normalized spacial score (nSPS) is 10.5. The van der Waals surface area contributed by atoms with Crippen LogP contribution >= 0.6 is 0 Å². The lowest BCUT2D eigenvalue weighted by Gasteiger charge is -2.02. The third-order valence-corrected chi connectivity index (χ3v) is 3.15. The second kappa shape index (κ2) is 5.66. The highest BCUT2D eigenvalue weighted by Crippen LogP contribution is 2.19. The molecule has 0 saturated carbocycles. The van der Waals surface area contributed by atoms with Crippen molar-refractivity contribution in [2.45, 2.75) is 6.42 Å². The summed E-state index contributed by atoms with van der Waals surface area (Å²) in [5.41, 5.74) is 1.88. The van der Waals surface area contributed by atoms with Crippen LogP contribution in [-0.2, 0) is 6.42 Å². The molecule has 3 rings (SSSR count). The van der Waals surface area contributed by atoms with E-state index in [0.29, 0.717) is 12.2 Å². The molecule has 0 fully saturated rings. The Morgan fingerprint density at radius 1 is 1.14 bits per heavy atom. The zero-order valence-electron chi connectivity index (χ0n) is 11.6. The summed E-state index contributed by atoms with van der Waals surface area (Å²) in [6.45, 7) is 0. The van der Waals surface area contributed by atoms with Crippen LogP contribution < -0.4 is 4.74 Å². The first-order valence-electron chi connectivity index (χ1n) is 6.58. The summed E-state index contributed by atoms with van der Waals surface area (Å²) < 4.78 is 6.56. The van der Waals surface area contributed by atoms with Crippen molar-refractivity contribution < 1.29 is 9.84 Å². The molecule has 106 valence electrons. The van der Waals surface area contributed by atoms with Crippen LogP contribution in [0.4, 0.5) is 0 Å². The van der Waals surface area contributed by atoms with E-state index in [0.717, 1.165) is 17.0 Å². The van der Waals surface area contributed by atoms with Crippen molar-refractivity contribution in [3.05, 3.63) is 66.0 Å². The lowest BCUT2D eigenvalue weighted by Crippen LogP contribution is -1.99. The lowest BCUT2D eigenvalue weighted by molar-refractivity contribution is 0.414. The molecule has 0 bridgehead atoms. The standard InChI is InChI=1S/C16H15N3O2/c1-21-14-7-5-12(6-8-14)10-13-11-16(20)19(18-13)15-4-2-3-9-17-15/h2-9,11,20H,10H2,1H3. The molecule has 0 saturated heterocycles. The minimum Gasteiger partial charge on any atom is -0.497 e. The molecule has 0 spiro atoms. The van der Waals surface area contributed by atoms with E-state index in [4.69, 9.17) is 4.74 Å². The Labute approximate surface area is 122 Å². The minimum absolute atomic E-state index is 0.0808. The van der Waals surface area contributed by atoms with Crippen LogP contribution in [0.25, 0.3) is 5.82 Å². The summed E-state index contributed by atoms with van der Waals surface area (Å²) in [4.78, 5) is 4.18. The molecule has 0 amide bonds. The maximum Gasteiger partial charge on any atom is 0.215 e. The maximum absolute atomic E-state index is 9.99. The van der Waals surface area contributed by atoms with E-state index >= 15 is 0 Å². The number of aromatic nitrogens is 3. The second-order valence-corrected chi connectivity index (χ2v) is 4.62. The number of rotatable bonds is 4. The van der Waals surface area contributed by atoms with Crippen LogP contribution in [0, 0.1) is 0 Å². The molecule has 0 radical (unpaired) electrons. The molecule has 2 aromatic heterocycles. The van der Waals surface area contributed by atoms with Gasteiger partial charge in [0.15, 0.2) is 5.82 Å². The highest BCUT2D eigenvalue weighted by molar-refractivity contribution is 5.33. The van der Waals surface area contributed by atoms with Crippen molar-refractivity contribution in [1.82, 2.24) is 14.8 Å². The van der Waals surface area contributed by atoms with Gasteiger partial charge in [-0.2, -0.15) is 9.78 Å². The van der Waals surface area contributed by atoms with Gasteiger partial charge in [0.05, 0.1) is 12.8 Å².